The van der Waals surface area contributed by atoms with Gasteiger partial charge < -0.3 is 5.32 Å². The summed E-state index contributed by atoms with van der Waals surface area (Å²) in [6.07, 6.45) is -0.798. The SMILES string of the molecule is CCC(F)(F)c1cc(NC(=O)c2cccnc2SCc2ccncc2)cc(C(F)(F)F)c1. The fraction of sp³-hybridized carbons (Fsp3) is 0.227. The Morgan fingerprint density at radius 3 is 2.34 bits per heavy atom. The first-order valence-corrected chi connectivity index (χ1v) is 10.5. The van der Waals surface area contributed by atoms with Crippen LogP contribution in [0.3, 0.4) is 0 Å². The molecule has 0 fully saturated rings. The molecule has 3 aromatic rings. The molecule has 0 saturated heterocycles. The number of rotatable bonds is 7. The number of hydrogen-bond acceptors (Lipinski definition) is 4. The Bertz CT molecular complexity index is 1090. The second-order valence-electron chi connectivity index (χ2n) is 6.81. The number of carbonyl (C=O) groups excluding carboxylic acids is 1. The van der Waals surface area contributed by atoms with Crippen LogP contribution in [0.5, 0.6) is 0 Å². The predicted octanol–water partition coefficient (Wildman–Crippen LogP) is 6.54. The van der Waals surface area contributed by atoms with Crippen LogP contribution in [0.2, 0.25) is 0 Å². The van der Waals surface area contributed by atoms with Crippen LogP contribution >= 0.6 is 11.8 Å². The molecule has 0 aliphatic heterocycles. The zero-order valence-corrected chi connectivity index (χ0v) is 17.6. The summed E-state index contributed by atoms with van der Waals surface area (Å²) in [7, 11) is 0. The van der Waals surface area contributed by atoms with E-state index in [0.29, 0.717) is 22.9 Å². The molecule has 168 valence electrons. The summed E-state index contributed by atoms with van der Waals surface area (Å²) >= 11 is 1.26. The minimum absolute atomic E-state index is 0.118. The van der Waals surface area contributed by atoms with Crippen molar-refractivity contribution in [3.05, 3.63) is 83.3 Å². The molecule has 0 spiro atoms. The van der Waals surface area contributed by atoms with Crippen LogP contribution in [-0.4, -0.2) is 15.9 Å². The number of anilines is 1. The van der Waals surface area contributed by atoms with Gasteiger partial charge in [0.15, 0.2) is 0 Å². The molecule has 1 amide bonds. The maximum atomic E-state index is 14.1. The van der Waals surface area contributed by atoms with Gasteiger partial charge in [0.25, 0.3) is 11.8 Å². The average molecular weight is 467 g/mol. The van der Waals surface area contributed by atoms with Gasteiger partial charge in [0.05, 0.1) is 11.1 Å². The average Bonchev–Trinajstić information content (AvgIpc) is 2.77. The van der Waals surface area contributed by atoms with Crippen molar-refractivity contribution in [2.45, 2.75) is 36.2 Å². The first-order chi connectivity index (χ1) is 15.1. The summed E-state index contributed by atoms with van der Waals surface area (Å²) in [6, 6.07) is 8.46. The van der Waals surface area contributed by atoms with E-state index < -0.39 is 35.6 Å². The van der Waals surface area contributed by atoms with Gasteiger partial charge in [-0.3, -0.25) is 9.78 Å². The van der Waals surface area contributed by atoms with Gasteiger partial charge >= 0.3 is 6.18 Å². The number of thioether (sulfide) groups is 1. The molecule has 3 rings (SSSR count). The summed E-state index contributed by atoms with van der Waals surface area (Å²) in [6.45, 7) is 1.17. The molecular formula is C22H18F5N3OS. The Morgan fingerprint density at radius 1 is 1.00 bits per heavy atom. The molecule has 4 nitrogen and oxygen atoms in total. The second kappa shape index (κ2) is 9.64. The molecule has 32 heavy (non-hydrogen) atoms. The molecule has 0 radical (unpaired) electrons. The van der Waals surface area contributed by atoms with E-state index in [1.165, 1.54) is 37.0 Å². The van der Waals surface area contributed by atoms with Crippen LogP contribution in [0.15, 0.2) is 66.1 Å². The zero-order valence-electron chi connectivity index (χ0n) is 16.8. The highest BCUT2D eigenvalue weighted by Gasteiger charge is 2.36. The number of nitrogens with one attached hydrogen (secondary N) is 1. The van der Waals surface area contributed by atoms with Crippen molar-refractivity contribution < 1.29 is 26.7 Å². The minimum atomic E-state index is -4.85. The Hall–Kier alpha value is -3.01. The number of pyridine rings is 2. The molecule has 0 aliphatic carbocycles. The van der Waals surface area contributed by atoms with E-state index in [1.807, 2.05) is 0 Å². The minimum Gasteiger partial charge on any atom is -0.322 e. The predicted molar refractivity (Wildman–Crippen MR) is 112 cm³/mol. The summed E-state index contributed by atoms with van der Waals surface area (Å²) in [4.78, 5) is 20.9. The van der Waals surface area contributed by atoms with E-state index in [4.69, 9.17) is 0 Å². The molecule has 0 aliphatic rings. The van der Waals surface area contributed by atoms with Crippen molar-refractivity contribution >= 4 is 23.4 Å². The number of halogens is 5. The second-order valence-corrected chi connectivity index (χ2v) is 7.77. The third-order valence-corrected chi connectivity index (χ3v) is 5.60. The Balaban J connectivity index is 1.88. The number of hydrogen-bond donors (Lipinski definition) is 1. The van der Waals surface area contributed by atoms with Gasteiger partial charge in [-0.2, -0.15) is 13.2 Å². The van der Waals surface area contributed by atoms with E-state index in [-0.39, 0.29) is 11.3 Å². The van der Waals surface area contributed by atoms with Gasteiger partial charge in [0, 0.05) is 42.0 Å². The summed E-state index contributed by atoms with van der Waals surface area (Å²) in [5.74, 6) is -3.74. The number of nitrogens with zero attached hydrogens (tertiary/aromatic N) is 2. The number of carbonyl (C=O) groups is 1. The summed E-state index contributed by atoms with van der Waals surface area (Å²) in [5.41, 5.74) is -1.40. The van der Waals surface area contributed by atoms with Gasteiger partial charge in [0.1, 0.15) is 5.03 Å². The fourth-order valence-corrected chi connectivity index (χ4v) is 3.73. The van der Waals surface area contributed by atoms with E-state index in [1.54, 1.807) is 24.5 Å². The molecule has 10 heteroatoms. The van der Waals surface area contributed by atoms with E-state index in [2.05, 4.69) is 15.3 Å². The lowest BCUT2D eigenvalue weighted by Crippen LogP contribution is -2.18. The van der Waals surface area contributed by atoms with Crippen LogP contribution in [0.25, 0.3) is 0 Å². The normalized spacial score (nSPS) is 11.9. The monoisotopic (exact) mass is 467 g/mol. The Labute approximate surface area is 185 Å². The van der Waals surface area contributed by atoms with Crippen molar-refractivity contribution in [3.8, 4) is 0 Å². The number of alkyl halides is 5. The van der Waals surface area contributed by atoms with Gasteiger partial charge in [-0.1, -0.05) is 6.92 Å². The highest BCUT2D eigenvalue weighted by atomic mass is 32.2. The number of benzene rings is 1. The van der Waals surface area contributed by atoms with Crippen LogP contribution in [0.4, 0.5) is 27.6 Å². The van der Waals surface area contributed by atoms with Gasteiger partial charge in [-0.25, -0.2) is 13.8 Å². The van der Waals surface area contributed by atoms with Gasteiger partial charge in [-0.05, 0) is 48.0 Å². The first-order valence-electron chi connectivity index (χ1n) is 9.49. The lowest BCUT2D eigenvalue weighted by atomic mass is 10.0. The molecule has 0 saturated carbocycles. The molecule has 0 unspecified atom stereocenters. The topological polar surface area (TPSA) is 54.9 Å². The van der Waals surface area contributed by atoms with Crippen LogP contribution in [0.1, 0.15) is 40.4 Å². The molecule has 1 aromatic carbocycles. The number of amides is 1. The molecular weight excluding hydrogens is 449 g/mol. The van der Waals surface area contributed by atoms with E-state index in [0.717, 1.165) is 11.6 Å². The maximum absolute atomic E-state index is 14.1. The van der Waals surface area contributed by atoms with Crippen LogP contribution in [0, 0.1) is 0 Å². The quantitative estimate of drug-likeness (QED) is 0.317. The smallest absolute Gasteiger partial charge is 0.322 e. The van der Waals surface area contributed by atoms with Crippen molar-refractivity contribution in [1.29, 1.82) is 0 Å². The third kappa shape index (κ3) is 5.82. The molecule has 1 N–H and O–H groups in total. The fourth-order valence-electron chi connectivity index (χ4n) is 2.79. The molecule has 2 aromatic heterocycles. The summed E-state index contributed by atoms with van der Waals surface area (Å²) < 4.78 is 68.0. The van der Waals surface area contributed by atoms with Crippen molar-refractivity contribution in [1.82, 2.24) is 9.97 Å². The lowest BCUT2D eigenvalue weighted by Gasteiger charge is -2.19. The van der Waals surface area contributed by atoms with Crippen molar-refractivity contribution in [2.24, 2.45) is 0 Å². The van der Waals surface area contributed by atoms with Crippen molar-refractivity contribution in [3.63, 3.8) is 0 Å². The zero-order chi connectivity index (χ0) is 23.4. The van der Waals surface area contributed by atoms with Crippen LogP contribution < -0.4 is 5.32 Å². The van der Waals surface area contributed by atoms with E-state index >= 15 is 0 Å². The highest BCUT2D eigenvalue weighted by molar-refractivity contribution is 7.98. The molecule has 0 atom stereocenters. The first kappa shape index (κ1) is 23.6. The summed E-state index contributed by atoms with van der Waals surface area (Å²) in [5, 5.41) is 2.66. The highest BCUT2D eigenvalue weighted by Crippen LogP contribution is 2.38. The number of aromatic nitrogens is 2. The van der Waals surface area contributed by atoms with Crippen LogP contribution in [-0.2, 0) is 17.9 Å². The lowest BCUT2D eigenvalue weighted by molar-refractivity contribution is -0.137. The molecule has 2 heterocycles. The maximum Gasteiger partial charge on any atom is 0.416 e. The Morgan fingerprint density at radius 2 is 1.69 bits per heavy atom. The molecule has 0 bridgehead atoms. The largest absolute Gasteiger partial charge is 0.416 e. The Kier molecular flexibility index (Phi) is 7.12. The van der Waals surface area contributed by atoms with Crippen molar-refractivity contribution in [2.75, 3.05) is 5.32 Å². The standard InChI is InChI=1S/C22H18F5N3OS/c1-2-21(23,24)15-10-16(22(25,26)27)12-17(11-15)30-19(31)18-4-3-7-29-20(18)32-13-14-5-8-28-9-6-14/h3-12H,2,13H2,1H3,(H,30,31). The van der Waals surface area contributed by atoms with Gasteiger partial charge in [-0.15, -0.1) is 11.8 Å². The third-order valence-electron chi connectivity index (χ3n) is 4.53. The van der Waals surface area contributed by atoms with E-state index in [9.17, 15) is 26.7 Å². The van der Waals surface area contributed by atoms with Gasteiger partial charge in [0.2, 0.25) is 0 Å².